The summed E-state index contributed by atoms with van der Waals surface area (Å²) in [6, 6.07) is 3.59. The Kier molecular flexibility index (Phi) is 7.61. The number of anilines is 2. The minimum absolute atomic E-state index is 0.0171. The summed E-state index contributed by atoms with van der Waals surface area (Å²) in [5.74, 6) is 0.382. The minimum Gasteiger partial charge on any atom is -0.389 e. The molecule has 1 amide bonds. The largest absolute Gasteiger partial charge is 0.389 e. The van der Waals surface area contributed by atoms with Crippen LogP contribution in [-0.4, -0.2) is 72.1 Å². The van der Waals surface area contributed by atoms with Gasteiger partial charge in [0.15, 0.2) is 5.65 Å². The average Bonchev–Trinajstić information content (AvgIpc) is 3.17. The highest BCUT2D eigenvalue weighted by atomic mass is 19.1. The van der Waals surface area contributed by atoms with E-state index in [0.717, 1.165) is 5.39 Å². The molecular formula is C24H34FN7O3. The van der Waals surface area contributed by atoms with E-state index in [-0.39, 0.29) is 24.7 Å². The molecule has 10 nitrogen and oxygen atoms in total. The Hall–Kier alpha value is -3.31. The fourth-order valence-electron chi connectivity index (χ4n) is 3.20. The number of fused-ring (bicyclic) bond motifs is 1. The summed E-state index contributed by atoms with van der Waals surface area (Å²) >= 11 is 0. The van der Waals surface area contributed by atoms with E-state index in [4.69, 9.17) is 0 Å². The molecular weight excluding hydrogens is 453 g/mol. The molecule has 0 saturated heterocycles. The molecule has 0 aromatic carbocycles. The van der Waals surface area contributed by atoms with Crippen LogP contribution in [0.3, 0.4) is 0 Å². The summed E-state index contributed by atoms with van der Waals surface area (Å²) < 4.78 is 15.9. The number of carbonyl (C=O) groups excluding carboxylic acids is 1. The molecule has 0 spiro atoms. The van der Waals surface area contributed by atoms with Gasteiger partial charge in [0.05, 0.1) is 29.0 Å². The van der Waals surface area contributed by atoms with Crippen LogP contribution in [0.1, 0.15) is 51.9 Å². The summed E-state index contributed by atoms with van der Waals surface area (Å²) in [5, 5.41) is 29.3. The third-order valence-electron chi connectivity index (χ3n) is 5.14. The van der Waals surface area contributed by atoms with Gasteiger partial charge in [0.1, 0.15) is 12.0 Å². The van der Waals surface area contributed by atoms with Crippen LogP contribution in [0, 0.1) is 0 Å². The van der Waals surface area contributed by atoms with Crippen molar-refractivity contribution in [3.05, 3.63) is 36.3 Å². The molecule has 11 heteroatoms. The summed E-state index contributed by atoms with van der Waals surface area (Å²) in [6.45, 7) is 9.89. The number of pyridine rings is 1. The highest BCUT2D eigenvalue weighted by Crippen LogP contribution is 2.24. The second kappa shape index (κ2) is 10.1. The van der Waals surface area contributed by atoms with Crippen molar-refractivity contribution in [2.75, 3.05) is 23.7 Å². The maximum atomic E-state index is 14.1. The van der Waals surface area contributed by atoms with Crippen LogP contribution in [0.25, 0.3) is 16.9 Å². The maximum absolute atomic E-state index is 14.1. The van der Waals surface area contributed by atoms with E-state index in [1.807, 2.05) is 19.9 Å². The van der Waals surface area contributed by atoms with Crippen molar-refractivity contribution in [2.24, 2.45) is 0 Å². The second-order valence-electron chi connectivity index (χ2n) is 10.0. The van der Waals surface area contributed by atoms with Gasteiger partial charge in [0, 0.05) is 42.6 Å². The van der Waals surface area contributed by atoms with Gasteiger partial charge in [-0.3, -0.25) is 9.36 Å². The molecule has 0 aliphatic heterocycles. The van der Waals surface area contributed by atoms with E-state index in [1.54, 1.807) is 36.9 Å². The number of aromatic nitrogens is 4. The molecule has 0 aliphatic rings. The van der Waals surface area contributed by atoms with Gasteiger partial charge in [-0.2, -0.15) is 4.98 Å². The lowest BCUT2D eigenvalue weighted by Crippen LogP contribution is -2.42. The van der Waals surface area contributed by atoms with Crippen LogP contribution in [0.4, 0.5) is 16.0 Å². The van der Waals surface area contributed by atoms with Crippen LogP contribution in [0.15, 0.2) is 30.7 Å². The summed E-state index contributed by atoms with van der Waals surface area (Å²) in [7, 11) is 0. The molecule has 0 radical (unpaired) electrons. The highest BCUT2D eigenvalue weighted by molar-refractivity contribution is 5.99. The number of halogens is 1. The van der Waals surface area contributed by atoms with Crippen LogP contribution < -0.4 is 16.0 Å². The highest BCUT2D eigenvalue weighted by Gasteiger charge is 2.27. The smallest absolute Gasteiger partial charge is 0.255 e. The van der Waals surface area contributed by atoms with E-state index < -0.39 is 23.3 Å². The van der Waals surface area contributed by atoms with E-state index in [0.29, 0.717) is 23.1 Å². The van der Waals surface area contributed by atoms with E-state index >= 15 is 0 Å². The predicted molar refractivity (Wildman–Crippen MR) is 134 cm³/mol. The van der Waals surface area contributed by atoms with Crippen LogP contribution in [0.5, 0.6) is 0 Å². The van der Waals surface area contributed by atoms with Crippen molar-refractivity contribution in [1.29, 1.82) is 0 Å². The van der Waals surface area contributed by atoms with Crippen LogP contribution >= 0.6 is 0 Å². The van der Waals surface area contributed by atoms with Crippen molar-refractivity contribution < 1.29 is 19.4 Å². The molecule has 1 unspecified atom stereocenters. The number of carbonyl (C=O) groups is 1. The summed E-state index contributed by atoms with van der Waals surface area (Å²) in [4.78, 5) is 26.1. The maximum Gasteiger partial charge on any atom is 0.255 e. The van der Waals surface area contributed by atoms with Gasteiger partial charge in [-0.25, -0.2) is 14.4 Å². The first-order valence-corrected chi connectivity index (χ1v) is 11.5. The fourth-order valence-corrected chi connectivity index (χ4v) is 3.20. The number of rotatable bonds is 10. The normalized spacial score (nSPS) is 13.2. The van der Waals surface area contributed by atoms with Crippen molar-refractivity contribution in [1.82, 2.24) is 24.8 Å². The van der Waals surface area contributed by atoms with Gasteiger partial charge in [-0.1, -0.05) is 0 Å². The molecule has 1 atom stereocenters. The zero-order chi connectivity index (χ0) is 26.0. The fraction of sp³-hybridized carbons (Fsp3) is 0.500. The Morgan fingerprint density at radius 1 is 1.17 bits per heavy atom. The molecule has 3 aromatic heterocycles. The summed E-state index contributed by atoms with van der Waals surface area (Å²) in [6.07, 6.45) is 3.28. The Labute approximate surface area is 204 Å². The molecule has 0 saturated carbocycles. The predicted octanol–water partition coefficient (Wildman–Crippen LogP) is 2.66. The molecule has 3 rings (SSSR count). The number of nitrogens with one attached hydrogen (secondary N) is 3. The minimum atomic E-state index is -1.62. The van der Waals surface area contributed by atoms with Gasteiger partial charge < -0.3 is 26.2 Å². The topological polar surface area (TPSA) is 137 Å². The number of hydrogen-bond acceptors (Lipinski definition) is 8. The monoisotopic (exact) mass is 487 g/mol. The molecule has 0 fully saturated rings. The molecule has 3 aromatic rings. The lowest BCUT2D eigenvalue weighted by atomic mass is 10.0. The lowest BCUT2D eigenvalue weighted by molar-refractivity contribution is -0.00177. The van der Waals surface area contributed by atoms with Gasteiger partial charge in [0.2, 0.25) is 5.95 Å². The molecule has 35 heavy (non-hydrogen) atoms. The number of nitrogens with zero attached hydrogens (tertiary/aromatic N) is 4. The number of hydrogen-bond donors (Lipinski definition) is 5. The first-order chi connectivity index (χ1) is 16.2. The van der Waals surface area contributed by atoms with Gasteiger partial charge in [-0.15, -0.1) is 0 Å². The zero-order valence-electron chi connectivity index (χ0n) is 20.9. The number of aliphatic hydroxyl groups is 2. The molecule has 0 aliphatic carbocycles. The third-order valence-corrected chi connectivity index (χ3v) is 5.14. The van der Waals surface area contributed by atoms with E-state index in [2.05, 4.69) is 30.9 Å². The van der Waals surface area contributed by atoms with Crippen LogP contribution in [0.2, 0.25) is 0 Å². The lowest BCUT2D eigenvalue weighted by Gasteiger charge is -2.23. The second-order valence-corrected chi connectivity index (χ2v) is 10.0. The molecule has 5 N–H and O–H groups in total. The average molecular weight is 488 g/mol. The quantitative estimate of drug-likeness (QED) is 0.294. The first kappa shape index (κ1) is 26.3. The SMILES string of the molecule is CC(C)Nc1cc(-n2ccc3cnc(NCC(C)(C)O)nc32)ncc1C(=O)NCC(F)C(C)(C)O. The van der Waals surface area contributed by atoms with Gasteiger partial charge >= 0.3 is 0 Å². The number of amides is 1. The number of alkyl halides is 1. The van der Waals surface area contributed by atoms with Gasteiger partial charge in [-0.05, 0) is 47.6 Å². The standard InChI is InChI=1S/C24H34FN7O3/c1-14(2)30-17-9-19(26-11-16(17)21(33)27-12-18(25)24(5,6)35)32-8-7-15-10-28-22(31-20(15)32)29-13-23(3,4)34/h7-11,14,18,34-35H,12-13H2,1-6H3,(H,26,30)(H,27,33)(H,28,29,31). The van der Waals surface area contributed by atoms with Crippen molar-refractivity contribution in [3.8, 4) is 5.82 Å². The Morgan fingerprint density at radius 2 is 1.89 bits per heavy atom. The van der Waals surface area contributed by atoms with Crippen LogP contribution in [-0.2, 0) is 0 Å². The third kappa shape index (κ3) is 6.86. The Balaban J connectivity index is 1.92. The van der Waals surface area contributed by atoms with Crippen molar-refractivity contribution >= 4 is 28.6 Å². The van der Waals surface area contributed by atoms with Crippen molar-refractivity contribution in [3.63, 3.8) is 0 Å². The first-order valence-electron chi connectivity index (χ1n) is 11.5. The Bertz CT molecular complexity index is 1180. The van der Waals surface area contributed by atoms with E-state index in [1.165, 1.54) is 20.0 Å². The van der Waals surface area contributed by atoms with E-state index in [9.17, 15) is 19.4 Å². The zero-order valence-corrected chi connectivity index (χ0v) is 20.9. The summed E-state index contributed by atoms with van der Waals surface area (Å²) in [5.41, 5.74) is -1.11. The molecule has 3 heterocycles. The van der Waals surface area contributed by atoms with Gasteiger partial charge in [0.25, 0.3) is 5.91 Å². The van der Waals surface area contributed by atoms with Crippen molar-refractivity contribution in [2.45, 2.75) is 65.0 Å². The Morgan fingerprint density at radius 3 is 2.51 bits per heavy atom. The molecule has 190 valence electrons. The molecule has 0 bridgehead atoms.